The van der Waals surface area contributed by atoms with E-state index < -0.39 is 14.3 Å². The van der Waals surface area contributed by atoms with Gasteiger partial charge in [0, 0.05) is 68.5 Å². The molecule has 2 aromatic rings. The van der Waals surface area contributed by atoms with E-state index in [1.165, 1.54) is 38.5 Å². The lowest BCUT2D eigenvalue weighted by Crippen LogP contribution is -2.49. The molecule has 48 heavy (non-hydrogen) atoms. The molecule has 0 aromatic heterocycles. The van der Waals surface area contributed by atoms with E-state index in [0.29, 0.717) is 31.7 Å². The summed E-state index contributed by atoms with van der Waals surface area (Å²) in [6.45, 7) is 10.1. The molecule has 2 N–H and O–H groups in total. The number of carbonyl (C=O) groups excluding carboxylic acids is 2. The van der Waals surface area contributed by atoms with Gasteiger partial charge in [-0.1, -0.05) is 43.7 Å². The monoisotopic (exact) mass is 668 g/mol. The highest BCUT2D eigenvalue weighted by molar-refractivity contribution is 6.98. The Bertz CT molecular complexity index is 1730. The summed E-state index contributed by atoms with van der Waals surface area (Å²) in [5, 5.41) is 12.2. The number of rotatable bonds is 14. The number of nitrogens with zero attached hydrogens (tertiary/aromatic N) is 5. The summed E-state index contributed by atoms with van der Waals surface area (Å²) in [5.41, 5.74) is 17.6. The predicted octanol–water partition coefficient (Wildman–Crippen LogP) is 5.62. The summed E-state index contributed by atoms with van der Waals surface area (Å²) >= 11 is 0. The van der Waals surface area contributed by atoms with E-state index in [1.54, 1.807) is 0 Å². The Morgan fingerprint density at radius 2 is 1.79 bits per heavy atom. The highest BCUT2D eigenvalue weighted by Gasteiger charge is 2.40. The van der Waals surface area contributed by atoms with Crippen molar-refractivity contribution >= 4 is 42.0 Å². The zero-order chi connectivity index (χ0) is 35.0. The van der Waals surface area contributed by atoms with Gasteiger partial charge < -0.3 is 20.3 Å². The number of fused-ring (bicyclic) bond motifs is 2. The van der Waals surface area contributed by atoms with E-state index in [4.69, 9.17) is 10.3 Å². The lowest BCUT2D eigenvalue weighted by atomic mass is 9.87. The van der Waals surface area contributed by atoms with Crippen LogP contribution in [0.3, 0.4) is 0 Å². The van der Waals surface area contributed by atoms with Gasteiger partial charge in [-0.3, -0.25) is 9.59 Å². The third kappa shape index (κ3) is 8.34. The van der Waals surface area contributed by atoms with Crippen molar-refractivity contribution in [3.63, 3.8) is 0 Å². The zero-order valence-corrected chi connectivity index (χ0v) is 30.7. The Balaban J connectivity index is 1.49. The Kier molecular flexibility index (Phi) is 12.2. The van der Waals surface area contributed by atoms with Crippen LogP contribution < -0.4 is 20.7 Å². The van der Waals surface area contributed by atoms with Crippen molar-refractivity contribution in [1.82, 2.24) is 10.6 Å². The maximum atomic E-state index is 13.1. The van der Waals surface area contributed by atoms with Gasteiger partial charge in [0.1, 0.15) is 28.4 Å². The molecule has 254 valence electrons. The van der Waals surface area contributed by atoms with Gasteiger partial charge in [-0.15, -0.1) is 0 Å². The molecule has 2 amide bonds. The third-order valence-electron chi connectivity index (χ3n) is 9.02. The molecule has 1 atom stereocenters. The van der Waals surface area contributed by atoms with Crippen molar-refractivity contribution in [2.45, 2.75) is 58.9 Å². The minimum absolute atomic E-state index is 0.169. The van der Waals surface area contributed by atoms with Crippen LogP contribution >= 0.6 is 0 Å². The first-order valence-corrected chi connectivity index (χ1v) is 19.7. The van der Waals surface area contributed by atoms with Crippen molar-refractivity contribution in [3.05, 3.63) is 98.1 Å². The van der Waals surface area contributed by atoms with Crippen molar-refractivity contribution in [1.29, 1.82) is 0 Å². The first-order chi connectivity index (χ1) is 22.9. The third-order valence-corrected chi connectivity index (χ3v) is 12.5. The van der Waals surface area contributed by atoms with Crippen LogP contribution in [0, 0.1) is 6.92 Å². The van der Waals surface area contributed by atoms with Gasteiger partial charge in [-0.05, 0) is 93.9 Å². The number of unbranched alkanes of at least 4 members (excludes halogenated alkanes) is 1. The Hall–Kier alpha value is -4.44. The molecule has 11 heteroatoms. The Labute approximate surface area is 285 Å². The van der Waals surface area contributed by atoms with Crippen LogP contribution in [0.25, 0.3) is 16.0 Å². The smallest absolute Gasteiger partial charge is 0.251 e. The second-order valence-electron chi connectivity index (χ2n) is 13.3. The van der Waals surface area contributed by atoms with E-state index in [9.17, 15) is 9.59 Å². The maximum absolute atomic E-state index is 13.1. The second kappa shape index (κ2) is 16.1. The SMILES string of the molecule is CCCCOC(CCC(=O)NCCNC(=O)c1ccc(C2=C3C=CC(=[N+](C)C)C=C3[Si](C)(C)c3cc(N(C)C)ccc32)c(C)c1)N=[N+]=[N-]. The summed E-state index contributed by atoms with van der Waals surface area (Å²) in [4.78, 5) is 30.4. The average Bonchev–Trinajstić information content (AvgIpc) is 3.05. The molecule has 2 aliphatic rings. The van der Waals surface area contributed by atoms with Crippen LogP contribution in [-0.2, 0) is 9.53 Å². The number of anilines is 1. The number of benzene rings is 2. The van der Waals surface area contributed by atoms with E-state index in [2.05, 4.69) is 121 Å². The standard InChI is InChI=1S/C37H49N7O3Si/c1-9-10-21-47-35(41-42-38)18-17-34(45)39-19-20-40-37(46)26-11-14-29(25(2)22-26)36-30-15-12-27(43(3)4)23-32(30)48(7,8)33-24-28(44(5)6)13-16-31(33)36/h11-16,22-24,35H,9-10,17-21H2,1-8H3,(H-,39,40,45,46)/p+1. The number of allylic oxidation sites excluding steroid dienone is 5. The van der Waals surface area contributed by atoms with Gasteiger partial charge >= 0.3 is 0 Å². The number of azide groups is 1. The summed E-state index contributed by atoms with van der Waals surface area (Å²) < 4.78 is 7.70. The summed E-state index contributed by atoms with van der Waals surface area (Å²) in [7, 11) is 6.28. The topological polar surface area (TPSA) is 122 Å². The van der Waals surface area contributed by atoms with Gasteiger partial charge in [0.05, 0.1) is 0 Å². The molecule has 0 saturated heterocycles. The van der Waals surface area contributed by atoms with Gasteiger partial charge in [0.2, 0.25) is 5.91 Å². The largest absolute Gasteiger partial charge is 0.378 e. The fraction of sp³-hybridized carbons (Fsp3) is 0.432. The van der Waals surface area contributed by atoms with Crippen LogP contribution in [0.1, 0.15) is 59.7 Å². The number of hydrogen-bond donors (Lipinski definition) is 2. The molecule has 0 radical (unpaired) electrons. The molecule has 2 aromatic carbocycles. The van der Waals surface area contributed by atoms with Crippen molar-refractivity contribution < 1.29 is 18.9 Å². The number of ether oxygens (including phenoxy) is 1. The number of aryl methyl sites for hydroxylation is 1. The number of hydrogen-bond acceptors (Lipinski definition) is 5. The van der Waals surface area contributed by atoms with Crippen LogP contribution in [0.4, 0.5) is 5.69 Å². The molecule has 0 bridgehead atoms. The lowest BCUT2D eigenvalue weighted by molar-refractivity contribution is -0.462. The molecular formula is C37H50N7O3Si+. The quantitative estimate of drug-likeness (QED) is 0.0678. The molecular weight excluding hydrogens is 619 g/mol. The van der Waals surface area contributed by atoms with Crippen molar-refractivity contribution in [2.24, 2.45) is 5.11 Å². The second-order valence-corrected chi connectivity index (χ2v) is 17.6. The summed E-state index contributed by atoms with van der Waals surface area (Å²) in [6.07, 6.45) is 8.47. The highest BCUT2D eigenvalue weighted by atomic mass is 28.3. The molecule has 0 saturated carbocycles. The molecule has 10 nitrogen and oxygen atoms in total. The number of carbonyl (C=O) groups is 2. The zero-order valence-electron chi connectivity index (χ0n) is 29.7. The van der Waals surface area contributed by atoms with Gasteiger partial charge in [-0.2, -0.15) is 0 Å². The van der Waals surface area contributed by atoms with Crippen molar-refractivity contribution in [2.75, 3.05) is 52.8 Å². The Morgan fingerprint density at radius 1 is 1.06 bits per heavy atom. The van der Waals surface area contributed by atoms with E-state index in [0.717, 1.165) is 24.0 Å². The van der Waals surface area contributed by atoms with Gasteiger partial charge in [0.25, 0.3) is 5.91 Å². The lowest BCUT2D eigenvalue weighted by Gasteiger charge is -2.38. The van der Waals surface area contributed by atoms with Gasteiger partial charge in [0.15, 0.2) is 5.71 Å². The molecule has 1 aliphatic carbocycles. The number of nitrogens with one attached hydrogen (secondary N) is 2. The Morgan fingerprint density at radius 3 is 2.46 bits per heavy atom. The molecule has 1 aliphatic heterocycles. The van der Waals surface area contributed by atoms with E-state index >= 15 is 0 Å². The average molecular weight is 669 g/mol. The molecule has 4 rings (SSSR count). The molecule has 0 spiro atoms. The predicted molar refractivity (Wildman–Crippen MR) is 198 cm³/mol. The number of amides is 2. The molecule has 0 fully saturated rings. The highest BCUT2D eigenvalue weighted by Crippen LogP contribution is 2.42. The fourth-order valence-electron chi connectivity index (χ4n) is 6.18. The first kappa shape index (κ1) is 36.4. The first-order valence-electron chi connectivity index (χ1n) is 16.7. The van der Waals surface area contributed by atoms with E-state index in [1.807, 2.05) is 19.1 Å². The van der Waals surface area contributed by atoms with Crippen molar-refractivity contribution in [3.8, 4) is 0 Å². The summed E-state index contributed by atoms with van der Waals surface area (Å²) in [6, 6.07) is 12.7. The van der Waals surface area contributed by atoms with Crippen LogP contribution in [0.5, 0.6) is 0 Å². The molecule has 1 unspecified atom stereocenters. The normalized spacial score (nSPS) is 15.1. The maximum Gasteiger partial charge on any atom is 0.251 e. The fourth-order valence-corrected chi connectivity index (χ4v) is 9.25. The van der Waals surface area contributed by atoms with E-state index in [-0.39, 0.29) is 18.2 Å². The van der Waals surface area contributed by atoms with Crippen LogP contribution in [0.15, 0.2) is 70.5 Å². The minimum atomic E-state index is -2.05. The summed E-state index contributed by atoms with van der Waals surface area (Å²) in [5.74, 6) is -0.380. The minimum Gasteiger partial charge on any atom is -0.378 e. The van der Waals surface area contributed by atoms with Gasteiger partial charge in [-0.25, -0.2) is 4.58 Å². The van der Waals surface area contributed by atoms with Crippen LogP contribution in [-0.4, -0.2) is 84.3 Å². The van der Waals surface area contributed by atoms with Crippen LogP contribution in [0.2, 0.25) is 13.1 Å². The molecule has 1 heterocycles.